The molecule has 0 saturated heterocycles. The van der Waals surface area contributed by atoms with E-state index in [0.29, 0.717) is 11.8 Å². The second-order valence-corrected chi connectivity index (χ2v) is 7.22. The Morgan fingerprint density at radius 2 is 1.41 bits per heavy atom. The van der Waals surface area contributed by atoms with E-state index < -0.39 is 5.60 Å². The average Bonchev–Trinajstić information content (AvgIpc) is 2.20. The Morgan fingerprint density at radius 3 is 1.88 bits per heavy atom. The van der Waals surface area contributed by atoms with E-state index >= 15 is 0 Å². The number of rotatable bonds is 1. The first kappa shape index (κ1) is 13.4. The smallest absolute Gasteiger partial charge is 0.0826 e. The summed E-state index contributed by atoms with van der Waals surface area (Å²) in [5, 5.41) is 11.0. The lowest BCUT2D eigenvalue weighted by molar-refractivity contribution is -0.0972. The molecule has 17 heavy (non-hydrogen) atoms. The third-order valence-corrected chi connectivity index (χ3v) is 5.26. The molecule has 2 unspecified atom stereocenters. The molecule has 2 atom stereocenters. The van der Waals surface area contributed by atoms with Gasteiger partial charge in [0.1, 0.15) is 0 Å². The van der Waals surface area contributed by atoms with Gasteiger partial charge in [0.05, 0.1) is 5.60 Å². The largest absolute Gasteiger partial charge is 0.388 e. The van der Waals surface area contributed by atoms with Crippen LogP contribution in [0.3, 0.4) is 0 Å². The zero-order valence-electron chi connectivity index (χ0n) is 11.7. The summed E-state index contributed by atoms with van der Waals surface area (Å²) < 4.78 is 0. The standard InChI is InChI=1S/C15H29NO/c1-11-4-6-15(17,7-5-11)14(16)9-12(2)8-13(3)10-14/h11-13,17H,4-10,16H2,1-3H3. The molecule has 2 aliphatic rings. The van der Waals surface area contributed by atoms with E-state index in [1.54, 1.807) is 0 Å². The van der Waals surface area contributed by atoms with Crippen molar-refractivity contribution in [2.75, 3.05) is 0 Å². The van der Waals surface area contributed by atoms with Gasteiger partial charge in [0.25, 0.3) is 0 Å². The molecule has 0 aromatic rings. The maximum atomic E-state index is 11.0. The van der Waals surface area contributed by atoms with Gasteiger partial charge < -0.3 is 10.8 Å². The Bertz CT molecular complexity index is 258. The van der Waals surface area contributed by atoms with Gasteiger partial charge in [-0.3, -0.25) is 0 Å². The number of hydrogen-bond acceptors (Lipinski definition) is 2. The van der Waals surface area contributed by atoms with Crippen molar-refractivity contribution in [3.8, 4) is 0 Å². The minimum atomic E-state index is -0.595. The monoisotopic (exact) mass is 239 g/mol. The fourth-order valence-corrected chi connectivity index (χ4v) is 4.30. The molecule has 3 N–H and O–H groups in total. The zero-order chi connectivity index (χ0) is 12.7. The predicted molar refractivity (Wildman–Crippen MR) is 71.7 cm³/mol. The minimum absolute atomic E-state index is 0.329. The lowest BCUT2D eigenvalue weighted by Crippen LogP contribution is -2.64. The summed E-state index contributed by atoms with van der Waals surface area (Å²) in [5.41, 5.74) is 5.72. The van der Waals surface area contributed by atoms with Gasteiger partial charge >= 0.3 is 0 Å². The van der Waals surface area contributed by atoms with Gasteiger partial charge in [-0.25, -0.2) is 0 Å². The fourth-order valence-electron chi connectivity index (χ4n) is 4.30. The Hall–Kier alpha value is -0.0800. The summed E-state index contributed by atoms with van der Waals surface area (Å²) in [4.78, 5) is 0. The van der Waals surface area contributed by atoms with Crippen LogP contribution in [0, 0.1) is 17.8 Å². The highest BCUT2D eigenvalue weighted by atomic mass is 16.3. The van der Waals surface area contributed by atoms with E-state index in [2.05, 4.69) is 20.8 Å². The molecule has 0 bridgehead atoms. The molecular formula is C15H29NO. The maximum absolute atomic E-state index is 11.0. The van der Waals surface area contributed by atoms with Crippen molar-refractivity contribution in [3.63, 3.8) is 0 Å². The van der Waals surface area contributed by atoms with Crippen molar-refractivity contribution in [2.24, 2.45) is 23.5 Å². The molecule has 100 valence electrons. The Morgan fingerprint density at radius 1 is 0.941 bits per heavy atom. The zero-order valence-corrected chi connectivity index (χ0v) is 11.7. The van der Waals surface area contributed by atoms with Crippen LogP contribution in [0.1, 0.15) is 65.7 Å². The minimum Gasteiger partial charge on any atom is -0.388 e. The highest BCUT2D eigenvalue weighted by molar-refractivity contribution is 5.08. The van der Waals surface area contributed by atoms with Crippen LogP contribution in [0.15, 0.2) is 0 Å². The summed E-state index contributed by atoms with van der Waals surface area (Å²) in [5.74, 6) is 2.08. The lowest BCUT2D eigenvalue weighted by atomic mass is 9.60. The predicted octanol–water partition coefficient (Wildman–Crippen LogP) is 3.08. The van der Waals surface area contributed by atoms with Crippen molar-refractivity contribution in [3.05, 3.63) is 0 Å². The third kappa shape index (κ3) is 2.53. The molecule has 0 amide bonds. The third-order valence-electron chi connectivity index (χ3n) is 5.26. The summed E-state index contributed by atoms with van der Waals surface area (Å²) in [6.45, 7) is 6.85. The second kappa shape index (κ2) is 4.55. The van der Waals surface area contributed by atoms with Crippen LogP contribution >= 0.6 is 0 Å². The van der Waals surface area contributed by atoms with Crippen LogP contribution < -0.4 is 5.73 Å². The Balaban J connectivity index is 2.13. The van der Waals surface area contributed by atoms with E-state index in [1.165, 1.54) is 6.42 Å². The number of nitrogens with two attached hydrogens (primary N) is 1. The van der Waals surface area contributed by atoms with Gasteiger partial charge in [-0.1, -0.05) is 20.8 Å². The van der Waals surface area contributed by atoms with Gasteiger partial charge in [-0.05, 0) is 62.7 Å². The first-order valence-corrected chi connectivity index (χ1v) is 7.36. The van der Waals surface area contributed by atoms with Crippen LogP contribution in [0.25, 0.3) is 0 Å². The fraction of sp³-hybridized carbons (Fsp3) is 1.00. The topological polar surface area (TPSA) is 46.2 Å². The van der Waals surface area contributed by atoms with E-state index in [-0.39, 0.29) is 5.54 Å². The van der Waals surface area contributed by atoms with Crippen molar-refractivity contribution in [1.82, 2.24) is 0 Å². The van der Waals surface area contributed by atoms with Gasteiger partial charge in [-0.2, -0.15) is 0 Å². The maximum Gasteiger partial charge on any atom is 0.0826 e. The highest BCUT2D eigenvalue weighted by Gasteiger charge is 2.51. The molecule has 2 saturated carbocycles. The van der Waals surface area contributed by atoms with Gasteiger partial charge in [0.15, 0.2) is 0 Å². The summed E-state index contributed by atoms with van der Waals surface area (Å²) in [6.07, 6.45) is 7.36. The molecule has 2 rings (SSSR count). The van der Waals surface area contributed by atoms with Crippen LogP contribution in [-0.4, -0.2) is 16.2 Å². The van der Waals surface area contributed by atoms with Crippen LogP contribution in [0.4, 0.5) is 0 Å². The summed E-state index contributed by atoms with van der Waals surface area (Å²) in [7, 11) is 0. The highest BCUT2D eigenvalue weighted by Crippen LogP contribution is 2.47. The van der Waals surface area contributed by atoms with Crippen molar-refractivity contribution in [1.29, 1.82) is 0 Å². The van der Waals surface area contributed by atoms with Gasteiger partial charge in [0, 0.05) is 5.54 Å². The normalized spacial score (nSPS) is 52.4. The average molecular weight is 239 g/mol. The van der Waals surface area contributed by atoms with E-state index in [4.69, 9.17) is 5.73 Å². The van der Waals surface area contributed by atoms with E-state index in [9.17, 15) is 5.11 Å². The molecule has 0 spiro atoms. The summed E-state index contributed by atoms with van der Waals surface area (Å²) >= 11 is 0. The SMILES string of the molecule is CC1CCC(O)(C2(N)CC(C)CC(C)C2)CC1. The molecule has 0 aromatic heterocycles. The molecule has 0 aliphatic heterocycles. The Kier molecular flexibility index (Phi) is 3.57. The van der Waals surface area contributed by atoms with Crippen LogP contribution in [0.5, 0.6) is 0 Å². The quantitative estimate of drug-likeness (QED) is 0.738. The summed E-state index contributed by atoms with van der Waals surface area (Å²) in [6, 6.07) is 0. The van der Waals surface area contributed by atoms with Crippen molar-refractivity contribution < 1.29 is 5.11 Å². The molecular weight excluding hydrogens is 210 g/mol. The van der Waals surface area contributed by atoms with E-state index in [0.717, 1.165) is 44.4 Å². The van der Waals surface area contributed by atoms with Crippen molar-refractivity contribution >= 4 is 0 Å². The molecule has 0 heterocycles. The van der Waals surface area contributed by atoms with Gasteiger partial charge in [0.2, 0.25) is 0 Å². The molecule has 2 heteroatoms. The second-order valence-electron chi connectivity index (χ2n) is 7.22. The lowest BCUT2D eigenvalue weighted by Gasteiger charge is -2.52. The number of aliphatic hydroxyl groups is 1. The van der Waals surface area contributed by atoms with Gasteiger partial charge in [-0.15, -0.1) is 0 Å². The van der Waals surface area contributed by atoms with E-state index in [1.807, 2.05) is 0 Å². The van der Waals surface area contributed by atoms with Crippen LogP contribution in [-0.2, 0) is 0 Å². The molecule has 2 aliphatic carbocycles. The first-order chi connectivity index (χ1) is 7.85. The Labute approximate surface area is 106 Å². The molecule has 2 fully saturated rings. The first-order valence-electron chi connectivity index (χ1n) is 7.36. The molecule has 0 aromatic carbocycles. The van der Waals surface area contributed by atoms with Crippen molar-refractivity contribution in [2.45, 2.75) is 76.9 Å². The molecule has 0 radical (unpaired) electrons. The number of hydrogen-bond donors (Lipinski definition) is 2. The van der Waals surface area contributed by atoms with Crippen LogP contribution in [0.2, 0.25) is 0 Å². The molecule has 2 nitrogen and oxygen atoms in total.